The highest BCUT2D eigenvalue weighted by atomic mass is 16.6. The van der Waals surface area contributed by atoms with Gasteiger partial charge >= 0.3 is 5.97 Å². The van der Waals surface area contributed by atoms with E-state index in [0.717, 1.165) is 17.0 Å². The van der Waals surface area contributed by atoms with Crippen LogP contribution in [0, 0.1) is 10.1 Å². The summed E-state index contributed by atoms with van der Waals surface area (Å²) in [7, 11) is 0. The maximum Gasteiger partial charge on any atom is 0.328 e. The van der Waals surface area contributed by atoms with E-state index in [1.165, 1.54) is 18.2 Å². The van der Waals surface area contributed by atoms with Gasteiger partial charge in [-0.2, -0.15) is 0 Å². The van der Waals surface area contributed by atoms with E-state index >= 15 is 0 Å². The Morgan fingerprint density at radius 3 is 2.89 bits per heavy atom. The zero-order chi connectivity index (χ0) is 13.1. The van der Waals surface area contributed by atoms with Crippen molar-refractivity contribution >= 4 is 22.6 Å². The molecule has 1 heterocycles. The normalized spacial score (nSPS) is 11.1. The zero-order valence-electron chi connectivity index (χ0n) is 9.31. The molecule has 0 unspecified atom stereocenters. The van der Waals surface area contributed by atoms with E-state index < -0.39 is 10.9 Å². The number of aliphatic carboxylic acids is 1. The molecule has 18 heavy (non-hydrogen) atoms. The molecule has 6 heteroatoms. The summed E-state index contributed by atoms with van der Waals surface area (Å²) in [5.74, 6) is -0.998. The highest BCUT2D eigenvalue weighted by Gasteiger charge is 2.07. The topological polar surface area (TPSA) is 85.4 Å². The van der Waals surface area contributed by atoms with Crippen molar-refractivity contribution in [2.24, 2.45) is 0 Å². The molecular weight excluding hydrogens is 236 g/mol. The molecule has 0 amide bonds. The molecule has 0 aliphatic rings. The number of non-ortho nitro benzene ring substituents is 1. The summed E-state index contributed by atoms with van der Waals surface area (Å²) < 4.78 is 1.82. The molecule has 0 saturated heterocycles. The summed E-state index contributed by atoms with van der Waals surface area (Å²) in [4.78, 5) is 20.5. The Kier molecular flexibility index (Phi) is 3.09. The number of hydrogen-bond donors (Lipinski definition) is 1. The summed E-state index contributed by atoms with van der Waals surface area (Å²) in [6, 6.07) is 6.34. The second kappa shape index (κ2) is 4.70. The first kappa shape index (κ1) is 11.8. The lowest BCUT2D eigenvalue weighted by Crippen LogP contribution is -1.95. The van der Waals surface area contributed by atoms with Crippen LogP contribution in [0.3, 0.4) is 0 Å². The summed E-state index contributed by atoms with van der Waals surface area (Å²) in [6.07, 6.45) is 4.35. The molecule has 0 aliphatic carbocycles. The van der Waals surface area contributed by atoms with Crippen molar-refractivity contribution < 1.29 is 14.8 Å². The molecule has 2 aromatic rings. The Labute approximate surface area is 102 Å². The standard InChI is InChI=1S/C12H10N2O4/c15-12(16)2-1-6-13-7-5-9-8-10(14(17)18)3-4-11(9)13/h1-5,7-8H,6H2,(H,15,16). The van der Waals surface area contributed by atoms with Crippen LogP contribution in [0.1, 0.15) is 0 Å². The number of fused-ring (bicyclic) bond motifs is 1. The predicted octanol–water partition coefficient (Wildman–Crippen LogP) is 2.19. The molecule has 1 aromatic heterocycles. The first-order valence-electron chi connectivity index (χ1n) is 5.20. The van der Waals surface area contributed by atoms with Crippen LogP contribution >= 0.6 is 0 Å². The van der Waals surface area contributed by atoms with Crippen LogP contribution in [-0.4, -0.2) is 20.6 Å². The van der Waals surface area contributed by atoms with Crippen LogP contribution in [0.15, 0.2) is 42.6 Å². The van der Waals surface area contributed by atoms with E-state index in [1.807, 2.05) is 4.57 Å². The number of aromatic nitrogens is 1. The Morgan fingerprint density at radius 1 is 1.44 bits per heavy atom. The van der Waals surface area contributed by atoms with Crippen molar-refractivity contribution in [3.05, 3.63) is 52.7 Å². The van der Waals surface area contributed by atoms with E-state index in [9.17, 15) is 14.9 Å². The van der Waals surface area contributed by atoms with Gasteiger partial charge in [0.1, 0.15) is 0 Å². The quantitative estimate of drug-likeness (QED) is 0.509. The maximum atomic E-state index is 10.6. The van der Waals surface area contributed by atoms with E-state index in [2.05, 4.69) is 0 Å². The van der Waals surface area contributed by atoms with Crippen molar-refractivity contribution in [1.29, 1.82) is 0 Å². The Balaban J connectivity index is 2.31. The van der Waals surface area contributed by atoms with Gasteiger partial charge in [0.25, 0.3) is 5.69 Å². The molecule has 1 N–H and O–H groups in total. The molecule has 0 saturated carbocycles. The number of nitrogens with zero attached hydrogens (tertiary/aromatic N) is 2. The number of hydrogen-bond acceptors (Lipinski definition) is 3. The van der Waals surface area contributed by atoms with Crippen LogP contribution in [0.4, 0.5) is 5.69 Å². The summed E-state index contributed by atoms with van der Waals surface area (Å²) in [6.45, 7) is 0.410. The van der Waals surface area contributed by atoms with Crippen LogP contribution < -0.4 is 0 Å². The number of rotatable bonds is 4. The number of nitro benzene ring substituents is 1. The Hall–Kier alpha value is -2.63. The van der Waals surface area contributed by atoms with E-state index in [0.29, 0.717) is 6.54 Å². The minimum atomic E-state index is -0.998. The number of allylic oxidation sites excluding steroid dienone is 1. The largest absolute Gasteiger partial charge is 0.478 e. The molecule has 0 aliphatic heterocycles. The lowest BCUT2D eigenvalue weighted by Gasteiger charge is -2.00. The van der Waals surface area contributed by atoms with Gasteiger partial charge in [-0.1, -0.05) is 6.08 Å². The molecule has 0 atom stereocenters. The van der Waals surface area contributed by atoms with Gasteiger partial charge in [-0.25, -0.2) is 4.79 Å². The van der Waals surface area contributed by atoms with Crippen molar-refractivity contribution in [2.45, 2.75) is 6.54 Å². The first-order valence-corrected chi connectivity index (χ1v) is 5.20. The van der Waals surface area contributed by atoms with Gasteiger partial charge in [-0.15, -0.1) is 0 Å². The highest BCUT2D eigenvalue weighted by molar-refractivity contribution is 5.83. The molecule has 0 fully saturated rings. The number of carbonyl (C=O) groups is 1. The zero-order valence-corrected chi connectivity index (χ0v) is 9.31. The lowest BCUT2D eigenvalue weighted by molar-refractivity contribution is -0.384. The van der Waals surface area contributed by atoms with Gasteiger partial charge in [0, 0.05) is 41.9 Å². The third-order valence-electron chi connectivity index (χ3n) is 2.53. The minimum Gasteiger partial charge on any atom is -0.478 e. The smallest absolute Gasteiger partial charge is 0.328 e. The van der Waals surface area contributed by atoms with Crippen LogP contribution in [0.25, 0.3) is 10.9 Å². The van der Waals surface area contributed by atoms with Crippen molar-refractivity contribution in [1.82, 2.24) is 4.57 Å². The summed E-state index contributed by atoms with van der Waals surface area (Å²) >= 11 is 0. The molecule has 0 radical (unpaired) electrons. The van der Waals surface area contributed by atoms with E-state index in [4.69, 9.17) is 5.11 Å². The highest BCUT2D eigenvalue weighted by Crippen LogP contribution is 2.21. The fourth-order valence-electron chi connectivity index (χ4n) is 1.73. The van der Waals surface area contributed by atoms with Crippen LogP contribution in [0.5, 0.6) is 0 Å². The Morgan fingerprint density at radius 2 is 2.22 bits per heavy atom. The molecule has 6 nitrogen and oxygen atoms in total. The Bertz CT molecular complexity index is 643. The van der Waals surface area contributed by atoms with E-state index in [-0.39, 0.29) is 5.69 Å². The van der Waals surface area contributed by atoms with Gasteiger partial charge in [-0.3, -0.25) is 10.1 Å². The van der Waals surface area contributed by atoms with Gasteiger partial charge < -0.3 is 9.67 Å². The average Bonchev–Trinajstić information content (AvgIpc) is 2.71. The van der Waals surface area contributed by atoms with Crippen LogP contribution in [0.2, 0.25) is 0 Å². The molecule has 0 bridgehead atoms. The fourth-order valence-corrected chi connectivity index (χ4v) is 1.73. The number of benzene rings is 1. The minimum absolute atomic E-state index is 0.0429. The van der Waals surface area contributed by atoms with Crippen molar-refractivity contribution in [3.8, 4) is 0 Å². The second-order valence-electron chi connectivity index (χ2n) is 3.71. The predicted molar refractivity (Wildman–Crippen MR) is 65.4 cm³/mol. The first-order chi connectivity index (χ1) is 8.58. The monoisotopic (exact) mass is 246 g/mol. The van der Waals surface area contributed by atoms with Gasteiger partial charge in [0.05, 0.1) is 4.92 Å². The van der Waals surface area contributed by atoms with E-state index in [1.54, 1.807) is 18.3 Å². The van der Waals surface area contributed by atoms with Gasteiger partial charge in [-0.05, 0) is 12.1 Å². The summed E-state index contributed by atoms with van der Waals surface area (Å²) in [5.41, 5.74) is 0.872. The van der Waals surface area contributed by atoms with Gasteiger partial charge in [0.2, 0.25) is 0 Å². The molecule has 1 aromatic carbocycles. The number of nitro groups is 1. The lowest BCUT2D eigenvalue weighted by atomic mass is 10.2. The SMILES string of the molecule is O=C(O)C=CCn1ccc2cc([N+](=O)[O-])ccc21. The second-order valence-corrected chi connectivity index (χ2v) is 3.71. The number of carboxylic acids is 1. The van der Waals surface area contributed by atoms with Crippen molar-refractivity contribution in [3.63, 3.8) is 0 Å². The molecule has 92 valence electrons. The van der Waals surface area contributed by atoms with Gasteiger partial charge in [0.15, 0.2) is 0 Å². The molecular formula is C12H10N2O4. The summed E-state index contributed by atoms with van der Waals surface area (Å²) in [5, 5.41) is 19.9. The molecule has 0 spiro atoms. The van der Waals surface area contributed by atoms with Crippen molar-refractivity contribution in [2.75, 3.05) is 0 Å². The third kappa shape index (κ3) is 2.37. The third-order valence-corrected chi connectivity index (χ3v) is 2.53. The maximum absolute atomic E-state index is 10.6. The fraction of sp³-hybridized carbons (Fsp3) is 0.0833. The van der Waals surface area contributed by atoms with Crippen LogP contribution in [-0.2, 0) is 11.3 Å². The average molecular weight is 246 g/mol. The number of carboxylic acid groups (broad SMARTS) is 1. The molecule has 2 rings (SSSR count).